The maximum atomic E-state index is 10.5. The molecule has 0 spiro atoms. The summed E-state index contributed by atoms with van der Waals surface area (Å²) in [6.45, 7) is 0.761. The van der Waals surface area contributed by atoms with Gasteiger partial charge >= 0.3 is 0 Å². The van der Waals surface area contributed by atoms with Crippen molar-refractivity contribution in [3.8, 4) is 0 Å². The Hall–Kier alpha value is -0.610. The Morgan fingerprint density at radius 3 is 2.83 bits per heavy atom. The Bertz CT molecular complexity index is 155. The minimum Gasteiger partial charge on any atom is -0.377 e. The molecule has 70 valence electrons. The smallest absolute Gasteiger partial charge is 0.219 e. The third kappa shape index (κ3) is 2.79. The summed E-state index contributed by atoms with van der Waals surface area (Å²) in [5.41, 5.74) is 10.7. The number of carbonyl (C=O) groups excluding carboxylic acids is 1. The molecule has 1 fully saturated rings. The summed E-state index contributed by atoms with van der Waals surface area (Å²) < 4.78 is 5.41. The molecule has 4 N–H and O–H groups in total. The van der Waals surface area contributed by atoms with Crippen LogP contribution in [-0.4, -0.2) is 24.7 Å². The topological polar surface area (TPSA) is 78.3 Å². The monoisotopic (exact) mass is 172 g/mol. The van der Waals surface area contributed by atoms with Gasteiger partial charge in [-0.15, -0.1) is 0 Å². The van der Waals surface area contributed by atoms with Crippen LogP contribution in [0.25, 0.3) is 0 Å². The SMILES string of the molecule is NC(=O)CC(N)C1CCCCO1. The number of hydrogen-bond acceptors (Lipinski definition) is 3. The first kappa shape index (κ1) is 9.48. The molecule has 1 amide bonds. The highest BCUT2D eigenvalue weighted by atomic mass is 16.5. The van der Waals surface area contributed by atoms with Crippen LogP contribution in [0.3, 0.4) is 0 Å². The van der Waals surface area contributed by atoms with Crippen LogP contribution >= 0.6 is 0 Å². The maximum absolute atomic E-state index is 10.5. The molecular formula is C8H16N2O2. The first-order valence-electron chi connectivity index (χ1n) is 4.35. The van der Waals surface area contributed by atoms with Crippen LogP contribution in [-0.2, 0) is 9.53 Å². The van der Waals surface area contributed by atoms with E-state index in [1.807, 2.05) is 0 Å². The minimum absolute atomic E-state index is 0.0336. The molecule has 0 aromatic carbocycles. The van der Waals surface area contributed by atoms with Crippen LogP contribution in [0.15, 0.2) is 0 Å². The zero-order chi connectivity index (χ0) is 8.97. The molecule has 0 bridgehead atoms. The largest absolute Gasteiger partial charge is 0.377 e. The van der Waals surface area contributed by atoms with E-state index in [2.05, 4.69) is 0 Å². The van der Waals surface area contributed by atoms with Crippen molar-refractivity contribution in [2.24, 2.45) is 11.5 Å². The molecule has 1 rings (SSSR count). The molecule has 0 aromatic heterocycles. The van der Waals surface area contributed by atoms with Crippen LogP contribution in [0.2, 0.25) is 0 Å². The van der Waals surface area contributed by atoms with Crippen molar-refractivity contribution in [1.29, 1.82) is 0 Å². The molecule has 0 aromatic rings. The van der Waals surface area contributed by atoms with Gasteiger partial charge in [0.2, 0.25) is 5.91 Å². The molecule has 4 heteroatoms. The lowest BCUT2D eigenvalue weighted by atomic mass is 10.0. The van der Waals surface area contributed by atoms with E-state index in [1.54, 1.807) is 0 Å². The van der Waals surface area contributed by atoms with E-state index in [0.29, 0.717) is 0 Å². The fraction of sp³-hybridized carbons (Fsp3) is 0.875. The zero-order valence-electron chi connectivity index (χ0n) is 7.16. The van der Waals surface area contributed by atoms with E-state index in [4.69, 9.17) is 16.2 Å². The molecule has 2 atom stereocenters. The average molecular weight is 172 g/mol. The van der Waals surface area contributed by atoms with Gasteiger partial charge in [-0.25, -0.2) is 0 Å². The van der Waals surface area contributed by atoms with Gasteiger partial charge in [-0.1, -0.05) is 0 Å². The zero-order valence-corrected chi connectivity index (χ0v) is 7.16. The van der Waals surface area contributed by atoms with Gasteiger partial charge in [0, 0.05) is 19.1 Å². The van der Waals surface area contributed by atoms with Gasteiger partial charge < -0.3 is 16.2 Å². The summed E-state index contributed by atoms with van der Waals surface area (Å²) in [5, 5.41) is 0. The summed E-state index contributed by atoms with van der Waals surface area (Å²) in [6, 6.07) is -0.220. The van der Waals surface area contributed by atoms with Gasteiger partial charge in [0.1, 0.15) is 0 Å². The van der Waals surface area contributed by atoms with Crippen molar-refractivity contribution in [3.63, 3.8) is 0 Å². The van der Waals surface area contributed by atoms with Gasteiger partial charge in [0.15, 0.2) is 0 Å². The van der Waals surface area contributed by atoms with Crippen molar-refractivity contribution in [3.05, 3.63) is 0 Å². The van der Waals surface area contributed by atoms with E-state index in [0.717, 1.165) is 25.9 Å². The third-order valence-corrected chi connectivity index (χ3v) is 2.13. The average Bonchev–Trinajstić information content (AvgIpc) is 2.05. The fourth-order valence-electron chi connectivity index (χ4n) is 1.47. The van der Waals surface area contributed by atoms with E-state index in [1.165, 1.54) is 0 Å². The normalized spacial score (nSPS) is 26.6. The summed E-state index contributed by atoms with van der Waals surface area (Å²) in [7, 11) is 0. The van der Waals surface area contributed by atoms with Gasteiger partial charge in [-0.05, 0) is 19.3 Å². The minimum atomic E-state index is -0.350. The molecular weight excluding hydrogens is 156 g/mol. The van der Waals surface area contributed by atoms with Crippen molar-refractivity contribution < 1.29 is 9.53 Å². The van der Waals surface area contributed by atoms with E-state index in [9.17, 15) is 4.79 Å². The number of rotatable bonds is 3. The highest BCUT2D eigenvalue weighted by molar-refractivity contribution is 5.74. The van der Waals surface area contributed by atoms with Crippen LogP contribution in [0.5, 0.6) is 0 Å². The predicted octanol–water partition coefficient (Wildman–Crippen LogP) is -0.242. The van der Waals surface area contributed by atoms with Crippen LogP contribution in [0.4, 0.5) is 0 Å². The molecule has 4 nitrogen and oxygen atoms in total. The van der Waals surface area contributed by atoms with Crippen LogP contribution < -0.4 is 11.5 Å². The van der Waals surface area contributed by atoms with Gasteiger partial charge in [0.05, 0.1) is 6.10 Å². The molecule has 2 unspecified atom stereocenters. The maximum Gasteiger partial charge on any atom is 0.219 e. The first-order valence-corrected chi connectivity index (χ1v) is 4.35. The number of carbonyl (C=O) groups is 1. The third-order valence-electron chi connectivity index (χ3n) is 2.13. The van der Waals surface area contributed by atoms with E-state index >= 15 is 0 Å². The highest BCUT2D eigenvalue weighted by Crippen LogP contribution is 2.15. The lowest BCUT2D eigenvalue weighted by molar-refractivity contribution is -0.119. The molecule has 1 saturated heterocycles. The van der Waals surface area contributed by atoms with E-state index in [-0.39, 0.29) is 24.5 Å². The first-order chi connectivity index (χ1) is 5.70. The lowest BCUT2D eigenvalue weighted by Gasteiger charge is -2.27. The molecule has 0 radical (unpaired) electrons. The Labute approximate surface area is 72.2 Å². The van der Waals surface area contributed by atoms with E-state index < -0.39 is 0 Å². The molecule has 1 aliphatic heterocycles. The summed E-state index contributed by atoms with van der Waals surface area (Å²) in [5.74, 6) is -0.350. The second kappa shape index (κ2) is 4.42. The molecule has 1 aliphatic rings. The molecule has 0 aliphatic carbocycles. The Balaban J connectivity index is 2.29. The second-order valence-electron chi connectivity index (χ2n) is 3.24. The van der Waals surface area contributed by atoms with Crippen molar-refractivity contribution in [1.82, 2.24) is 0 Å². The molecule has 12 heavy (non-hydrogen) atoms. The number of primary amides is 1. The lowest BCUT2D eigenvalue weighted by Crippen LogP contribution is -2.41. The van der Waals surface area contributed by atoms with Gasteiger partial charge in [0.25, 0.3) is 0 Å². The van der Waals surface area contributed by atoms with Crippen molar-refractivity contribution in [2.45, 2.75) is 37.8 Å². The summed E-state index contributed by atoms with van der Waals surface area (Å²) in [6.07, 6.45) is 3.45. The fourth-order valence-corrected chi connectivity index (χ4v) is 1.47. The number of amides is 1. The Morgan fingerprint density at radius 2 is 2.33 bits per heavy atom. The van der Waals surface area contributed by atoms with Crippen LogP contribution in [0, 0.1) is 0 Å². The predicted molar refractivity (Wildman–Crippen MR) is 45.4 cm³/mol. The van der Waals surface area contributed by atoms with Crippen LogP contribution in [0.1, 0.15) is 25.7 Å². The second-order valence-corrected chi connectivity index (χ2v) is 3.24. The van der Waals surface area contributed by atoms with Crippen molar-refractivity contribution >= 4 is 5.91 Å². The Morgan fingerprint density at radius 1 is 1.58 bits per heavy atom. The summed E-state index contributed by atoms with van der Waals surface area (Å²) >= 11 is 0. The molecule has 1 heterocycles. The standard InChI is InChI=1S/C8H16N2O2/c9-6(5-8(10)11)7-3-1-2-4-12-7/h6-7H,1-5,9H2,(H2,10,11). The van der Waals surface area contributed by atoms with Crippen molar-refractivity contribution in [2.75, 3.05) is 6.61 Å². The number of ether oxygens (including phenoxy) is 1. The molecule has 0 saturated carbocycles. The van der Waals surface area contributed by atoms with Gasteiger partial charge in [-0.3, -0.25) is 4.79 Å². The number of hydrogen-bond donors (Lipinski definition) is 2. The highest BCUT2D eigenvalue weighted by Gasteiger charge is 2.22. The number of nitrogens with two attached hydrogens (primary N) is 2. The Kier molecular flexibility index (Phi) is 3.49. The quantitative estimate of drug-likeness (QED) is 0.616. The summed E-state index contributed by atoms with van der Waals surface area (Å²) in [4.78, 5) is 10.5. The van der Waals surface area contributed by atoms with Gasteiger partial charge in [-0.2, -0.15) is 0 Å².